The van der Waals surface area contributed by atoms with Crippen LogP contribution in [0.5, 0.6) is 5.75 Å². The molecule has 2 aromatic rings. The van der Waals surface area contributed by atoms with Gasteiger partial charge in [0.05, 0.1) is 12.3 Å². The van der Waals surface area contributed by atoms with E-state index >= 15 is 0 Å². The summed E-state index contributed by atoms with van der Waals surface area (Å²) >= 11 is 0. The molecule has 0 spiro atoms. The fraction of sp³-hybridized carbons (Fsp3) is 0.471. The highest BCUT2D eigenvalue weighted by atomic mass is 16.5. The number of nitrogens with two attached hydrogens (primary N) is 1. The standard InChI is InChI=1S/C17H25N3O/c1-5-12(3)11-15-16(17(18)20(4)19-15)13-7-9-14(10-8-13)21-6-2/h7-10,12H,5-6,11,18H2,1-4H3. The highest BCUT2D eigenvalue weighted by molar-refractivity contribution is 5.77. The van der Waals surface area contributed by atoms with Crippen molar-refractivity contribution in [1.82, 2.24) is 9.78 Å². The summed E-state index contributed by atoms with van der Waals surface area (Å²) in [4.78, 5) is 0. The third-order valence-electron chi connectivity index (χ3n) is 3.86. The molecule has 2 rings (SSSR count). The number of ether oxygens (including phenoxy) is 1. The molecule has 1 atom stereocenters. The van der Waals surface area contributed by atoms with Crippen LogP contribution in [0.3, 0.4) is 0 Å². The molecule has 4 nitrogen and oxygen atoms in total. The number of anilines is 1. The first-order valence-electron chi connectivity index (χ1n) is 7.61. The van der Waals surface area contributed by atoms with Crippen molar-refractivity contribution in [2.75, 3.05) is 12.3 Å². The number of aryl methyl sites for hydroxylation is 1. The summed E-state index contributed by atoms with van der Waals surface area (Å²) in [5, 5.41) is 4.59. The Morgan fingerprint density at radius 3 is 2.48 bits per heavy atom. The predicted molar refractivity (Wildman–Crippen MR) is 87.4 cm³/mol. The van der Waals surface area contributed by atoms with Crippen molar-refractivity contribution in [3.05, 3.63) is 30.0 Å². The zero-order valence-electron chi connectivity index (χ0n) is 13.4. The molecule has 0 bridgehead atoms. The monoisotopic (exact) mass is 287 g/mol. The molecule has 1 aromatic carbocycles. The number of aromatic nitrogens is 2. The normalized spacial score (nSPS) is 12.4. The largest absolute Gasteiger partial charge is 0.494 e. The number of hydrogen-bond donors (Lipinski definition) is 1. The number of nitrogens with zero attached hydrogens (tertiary/aromatic N) is 2. The van der Waals surface area contributed by atoms with Gasteiger partial charge in [0.15, 0.2) is 0 Å². The zero-order chi connectivity index (χ0) is 15.4. The molecule has 0 aliphatic carbocycles. The van der Waals surface area contributed by atoms with Crippen LogP contribution in [0.1, 0.15) is 32.9 Å². The van der Waals surface area contributed by atoms with Gasteiger partial charge in [-0.25, -0.2) is 0 Å². The van der Waals surface area contributed by atoms with Crippen molar-refractivity contribution in [3.63, 3.8) is 0 Å². The Bertz CT molecular complexity index is 587. The van der Waals surface area contributed by atoms with Crippen LogP contribution in [-0.2, 0) is 13.5 Å². The van der Waals surface area contributed by atoms with Crippen LogP contribution < -0.4 is 10.5 Å². The lowest BCUT2D eigenvalue weighted by molar-refractivity contribution is 0.340. The highest BCUT2D eigenvalue weighted by Gasteiger charge is 2.17. The van der Waals surface area contributed by atoms with E-state index < -0.39 is 0 Å². The average Bonchev–Trinajstić information content (AvgIpc) is 2.75. The molecule has 0 saturated carbocycles. The van der Waals surface area contributed by atoms with E-state index in [1.807, 2.05) is 26.1 Å². The summed E-state index contributed by atoms with van der Waals surface area (Å²) in [6.07, 6.45) is 2.09. The third-order valence-corrected chi connectivity index (χ3v) is 3.86. The molecular weight excluding hydrogens is 262 g/mol. The van der Waals surface area contributed by atoms with Gasteiger partial charge in [-0.15, -0.1) is 0 Å². The third kappa shape index (κ3) is 3.38. The van der Waals surface area contributed by atoms with Gasteiger partial charge in [0.2, 0.25) is 0 Å². The quantitative estimate of drug-likeness (QED) is 0.882. The molecular formula is C17H25N3O. The molecule has 114 valence electrons. The van der Waals surface area contributed by atoms with E-state index in [1.165, 1.54) is 0 Å². The molecule has 0 saturated heterocycles. The van der Waals surface area contributed by atoms with Crippen LogP contribution in [0.4, 0.5) is 5.82 Å². The van der Waals surface area contributed by atoms with Crippen molar-refractivity contribution >= 4 is 5.82 Å². The van der Waals surface area contributed by atoms with Crippen LogP contribution in [0.2, 0.25) is 0 Å². The van der Waals surface area contributed by atoms with Gasteiger partial charge in [0, 0.05) is 12.6 Å². The predicted octanol–water partition coefficient (Wildman–Crippen LogP) is 3.66. The second kappa shape index (κ2) is 6.66. The van der Waals surface area contributed by atoms with E-state index in [0.717, 1.165) is 41.2 Å². The van der Waals surface area contributed by atoms with E-state index in [1.54, 1.807) is 4.68 Å². The van der Waals surface area contributed by atoms with E-state index in [2.05, 4.69) is 31.1 Å². The van der Waals surface area contributed by atoms with Crippen LogP contribution in [-0.4, -0.2) is 16.4 Å². The first-order valence-corrected chi connectivity index (χ1v) is 7.61. The van der Waals surface area contributed by atoms with Gasteiger partial charge >= 0.3 is 0 Å². The van der Waals surface area contributed by atoms with Crippen LogP contribution in [0, 0.1) is 5.92 Å². The molecule has 2 N–H and O–H groups in total. The lowest BCUT2D eigenvalue weighted by Crippen LogP contribution is -2.00. The van der Waals surface area contributed by atoms with E-state index in [0.29, 0.717) is 12.5 Å². The highest BCUT2D eigenvalue weighted by Crippen LogP contribution is 2.32. The lowest BCUT2D eigenvalue weighted by atomic mass is 9.97. The summed E-state index contributed by atoms with van der Waals surface area (Å²) < 4.78 is 7.26. The van der Waals surface area contributed by atoms with Gasteiger partial charge in [0.1, 0.15) is 11.6 Å². The molecule has 4 heteroatoms. The Morgan fingerprint density at radius 1 is 1.24 bits per heavy atom. The number of hydrogen-bond acceptors (Lipinski definition) is 3. The number of rotatable bonds is 6. The van der Waals surface area contributed by atoms with Crippen LogP contribution in [0.15, 0.2) is 24.3 Å². The Morgan fingerprint density at radius 2 is 1.90 bits per heavy atom. The Hall–Kier alpha value is -1.97. The van der Waals surface area contributed by atoms with Crippen LogP contribution >= 0.6 is 0 Å². The van der Waals surface area contributed by atoms with Crippen molar-refractivity contribution in [1.29, 1.82) is 0 Å². The molecule has 1 heterocycles. The molecule has 1 aromatic heterocycles. The molecule has 0 fully saturated rings. The fourth-order valence-electron chi connectivity index (χ4n) is 2.41. The molecule has 0 aliphatic rings. The average molecular weight is 287 g/mol. The van der Waals surface area contributed by atoms with Crippen molar-refractivity contribution in [2.24, 2.45) is 13.0 Å². The second-order valence-corrected chi connectivity index (χ2v) is 5.51. The van der Waals surface area contributed by atoms with Gasteiger partial charge in [-0.1, -0.05) is 32.4 Å². The summed E-state index contributed by atoms with van der Waals surface area (Å²) in [6, 6.07) is 8.08. The number of benzene rings is 1. The molecule has 0 amide bonds. The maximum absolute atomic E-state index is 6.22. The summed E-state index contributed by atoms with van der Waals surface area (Å²) in [6.45, 7) is 7.10. The molecule has 1 unspecified atom stereocenters. The van der Waals surface area contributed by atoms with Crippen molar-refractivity contribution < 1.29 is 4.74 Å². The summed E-state index contributed by atoms with van der Waals surface area (Å²) in [5.74, 6) is 2.20. The molecule has 0 radical (unpaired) electrons. The zero-order valence-corrected chi connectivity index (χ0v) is 13.4. The first kappa shape index (κ1) is 15.4. The Balaban J connectivity index is 2.37. The van der Waals surface area contributed by atoms with Gasteiger partial charge in [0.25, 0.3) is 0 Å². The maximum atomic E-state index is 6.22. The van der Waals surface area contributed by atoms with Gasteiger partial charge in [-0.3, -0.25) is 4.68 Å². The van der Waals surface area contributed by atoms with Crippen molar-refractivity contribution in [2.45, 2.75) is 33.6 Å². The van der Waals surface area contributed by atoms with Gasteiger partial charge in [-0.05, 0) is 37.0 Å². The summed E-state index contributed by atoms with van der Waals surface area (Å²) in [7, 11) is 1.90. The fourth-order valence-corrected chi connectivity index (χ4v) is 2.41. The van der Waals surface area contributed by atoms with E-state index in [-0.39, 0.29) is 0 Å². The topological polar surface area (TPSA) is 53.1 Å². The first-order chi connectivity index (χ1) is 10.1. The second-order valence-electron chi connectivity index (χ2n) is 5.51. The Labute approximate surface area is 126 Å². The SMILES string of the molecule is CCOc1ccc(-c2c(CC(C)CC)nn(C)c2N)cc1. The minimum atomic E-state index is 0.598. The van der Waals surface area contributed by atoms with E-state index in [4.69, 9.17) is 10.5 Å². The van der Waals surface area contributed by atoms with Gasteiger partial charge in [-0.2, -0.15) is 5.10 Å². The number of nitrogen functional groups attached to an aromatic ring is 1. The minimum Gasteiger partial charge on any atom is -0.494 e. The smallest absolute Gasteiger partial charge is 0.129 e. The van der Waals surface area contributed by atoms with E-state index in [9.17, 15) is 0 Å². The van der Waals surface area contributed by atoms with Crippen molar-refractivity contribution in [3.8, 4) is 16.9 Å². The lowest BCUT2D eigenvalue weighted by Gasteiger charge is -2.09. The Kier molecular flexibility index (Phi) is 4.89. The minimum absolute atomic E-state index is 0.598. The van der Waals surface area contributed by atoms with Gasteiger partial charge < -0.3 is 10.5 Å². The van der Waals surface area contributed by atoms with Crippen LogP contribution in [0.25, 0.3) is 11.1 Å². The molecule has 21 heavy (non-hydrogen) atoms. The summed E-state index contributed by atoms with van der Waals surface area (Å²) in [5.41, 5.74) is 9.45. The maximum Gasteiger partial charge on any atom is 0.129 e. The molecule has 0 aliphatic heterocycles.